The van der Waals surface area contributed by atoms with Crippen LogP contribution >= 0.6 is 11.8 Å². The number of rotatable bonds is 4. The standard InChI is InChI=1S/C12H16N4S/c1-3-11(13)12-8-16(15-14-12)9-5-4-6-10(7-9)17-2/h4-8,11H,3,13H2,1-2H3. The van der Waals surface area contributed by atoms with E-state index in [0.717, 1.165) is 17.8 Å². The number of hydrogen-bond acceptors (Lipinski definition) is 4. The Hall–Kier alpha value is -1.33. The third kappa shape index (κ3) is 2.68. The Bertz CT molecular complexity index is 495. The molecule has 0 aliphatic heterocycles. The van der Waals surface area contributed by atoms with Gasteiger partial charge in [0.15, 0.2) is 0 Å². The van der Waals surface area contributed by atoms with Crippen LogP contribution in [0.25, 0.3) is 5.69 Å². The molecule has 0 saturated carbocycles. The Labute approximate surface area is 105 Å². The summed E-state index contributed by atoms with van der Waals surface area (Å²) < 4.78 is 1.77. The lowest BCUT2D eigenvalue weighted by atomic mass is 10.2. The first-order valence-electron chi connectivity index (χ1n) is 5.57. The zero-order chi connectivity index (χ0) is 12.3. The zero-order valence-electron chi connectivity index (χ0n) is 10.00. The minimum Gasteiger partial charge on any atom is -0.323 e. The van der Waals surface area contributed by atoms with Crippen LogP contribution in [0.4, 0.5) is 0 Å². The highest BCUT2D eigenvalue weighted by Crippen LogP contribution is 2.19. The Morgan fingerprint density at radius 1 is 1.47 bits per heavy atom. The van der Waals surface area contributed by atoms with Crippen LogP contribution in [0.2, 0.25) is 0 Å². The van der Waals surface area contributed by atoms with Gasteiger partial charge >= 0.3 is 0 Å². The van der Waals surface area contributed by atoms with Crippen LogP contribution < -0.4 is 5.73 Å². The van der Waals surface area contributed by atoms with Crippen LogP contribution in [0.15, 0.2) is 35.4 Å². The summed E-state index contributed by atoms with van der Waals surface area (Å²) in [6.07, 6.45) is 4.82. The smallest absolute Gasteiger partial charge is 0.0998 e. The van der Waals surface area contributed by atoms with Crippen LogP contribution in [0.1, 0.15) is 25.1 Å². The van der Waals surface area contributed by atoms with E-state index in [1.807, 2.05) is 25.3 Å². The topological polar surface area (TPSA) is 56.7 Å². The van der Waals surface area contributed by atoms with Gasteiger partial charge in [0.05, 0.1) is 23.6 Å². The summed E-state index contributed by atoms with van der Waals surface area (Å²) in [5.74, 6) is 0. The van der Waals surface area contributed by atoms with E-state index in [-0.39, 0.29) is 6.04 Å². The summed E-state index contributed by atoms with van der Waals surface area (Å²) in [6, 6.07) is 8.15. The first-order chi connectivity index (χ1) is 8.24. The Morgan fingerprint density at radius 2 is 2.29 bits per heavy atom. The van der Waals surface area contributed by atoms with Crippen LogP contribution in [-0.2, 0) is 0 Å². The SMILES string of the molecule is CCC(N)c1cn(-c2cccc(SC)c2)nn1. The quantitative estimate of drug-likeness (QED) is 0.844. The highest BCUT2D eigenvalue weighted by molar-refractivity contribution is 7.98. The molecule has 1 heterocycles. The molecule has 1 aromatic heterocycles. The Morgan fingerprint density at radius 3 is 3.00 bits per heavy atom. The molecule has 2 rings (SSSR count). The number of nitrogens with two attached hydrogens (primary N) is 1. The first kappa shape index (κ1) is 12.1. The minimum absolute atomic E-state index is 0.0347. The van der Waals surface area contributed by atoms with Gasteiger partial charge in [0.1, 0.15) is 0 Å². The molecule has 2 N–H and O–H groups in total. The van der Waals surface area contributed by atoms with Crippen molar-refractivity contribution in [3.63, 3.8) is 0 Å². The van der Waals surface area contributed by atoms with Crippen molar-refractivity contribution >= 4 is 11.8 Å². The largest absolute Gasteiger partial charge is 0.323 e. The third-order valence-electron chi connectivity index (χ3n) is 2.65. The molecule has 2 aromatic rings. The molecular formula is C12H16N4S. The van der Waals surface area contributed by atoms with E-state index in [1.54, 1.807) is 16.4 Å². The summed E-state index contributed by atoms with van der Waals surface area (Å²) in [6.45, 7) is 2.04. The molecule has 0 amide bonds. The summed E-state index contributed by atoms with van der Waals surface area (Å²) in [5.41, 5.74) is 7.77. The molecule has 0 bridgehead atoms. The maximum atomic E-state index is 5.92. The maximum Gasteiger partial charge on any atom is 0.0998 e. The van der Waals surface area contributed by atoms with Gasteiger partial charge in [-0.05, 0) is 30.9 Å². The third-order valence-corrected chi connectivity index (χ3v) is 3.37. The van der Waals surface area contributed by atoms with E-state index in [4.69, 9.17) is 5.73 Å². The number of thioether (sulfide) groups is 1. The second-order valence-electron chi connectivity index (χ2n) is 3.80. The van der Waals surface area contributed by atoms with Crippen molar-refractivity contribution in [2.24, 2.45) is 5.73 Å². The monoisotopic (exact) mass is 248 g/mol. The number of benzene rings is 1. The highest BCUT2D eigenvalue weighted by Gasteiger charge is 2.09. The lowest BCUT2D eigenvalue weighted by Gasteiger charge is -2.03. The van der Waals surface area contributed by atoms with E-state index >= 15 is 0 Å². The first-order valence-corrected chi connectivity index (χ1v) is 6.79. The lowest BCUT2D eigenvalue weighted by molar-refractivity contribution is 0.670. The minimum atomic E-state index is -0.0347. The predicted molar refractivity (Wildman–Crippen MR) is 70.4 cm³/mol. The number of nitrogens with zero attached hydrogens (tertiary/aromatic N) is 3. The molecule has 5 heteroatoms. The zero-order valence-corrected chi connectivity index (χ0v) is 10.8. The molecule has 0 saturated heterocycles. The van der Waals surface area contributed by atoms with Crippen molar-refractivity contribution in [3.05, 3.63) is 36.2 Å². The van der Waals surface area contributed by atoms with Crippen molar-refractivity contribution in [2.45, 2.75) is 24.3 Å². The second kappa shape index (κ2) is 5.33. The molecule has 17 heavy (non-hydrogen) atoms. The maximum absolute atomic E-state index is 5.92. The molecule has 0 aliphatic carbocycles. The number of hydrogen-bond donors (Lipinski definition) is 1. The van der Waals surface area contributed by atoms with E-state index in [1.165, 1.54) is 4.90 Å². The molecule has 4 nitrogen and oxygen atoms in total. The summed E-state index contributed by atoms with van der Waals surface area (Å²) in [5, 5.41) is 8.21. The Balaban J connectivity index is 2.30. The van der Waals surface area contributed by atoms with Crippen LogP contribution in [0.5, 0.6) is 0 Å². The fraction of sp³-hybridized carbons (Fsp3) is 0.333. The van der Waals surface area contributed by atoms with Gasteiger partial charge in [-0.25, -0.2) is 4.68 Å². The summed E-state index contributed by atoms with van der Waals surface area (Å²) >= 11 is 1.71. The van der Waals surface area contributed by atoms with Gasteiger partial charge < -0.3 is 5.73 Å². The van der Waals surface area contributed by atoms with Crippen LogP contribution in [0, 0.1) is 0 Å². The van der Waals surface area contributed by atoms with E-state index in [9.17, 15) is 0 Å². The second-order valence-corrected chi connectivity index (χ2v) is 4.68. The van der Waals surface area contributed by atoms with Crippen molar-refractivity contribution in [3.8, 4) is 5.69 Å². The summed E-state index contributed by atoms with van der Waals surface area (Å²) in [7, 11) is 0. The molecule has 0 spiro atoms. The van der Waals surface area contributed by atoms with E-state index < -0.39 is 0 Å². The van der Waals surface area contributed by atoms with Gasteiger partial charge in [-0.3, -0.25) is 0 Å². The van der Waals surface area contributed by atoms with Gasteiger partial charge in [0.2, 0.25) is 0 Å². The van der Waals surface area contributed by atoms with Crippen molar-refractivity contribution in [1.82, 2.24) is 15.0 Å². The molecular weight excluding hydrogens is 232 g/mol. The van der Waals surface area contributed by atoms with Crippen LogP contribution in [0.3, 0.4) is 0 Å². The van der Waals surface area contributed by atoms with Crippen LogP contribution in [-0.4, -0.2) is 21.2 Å². The average Bonchev–Trinajstić information content (AvgIpc) is 2.87. The molecule has 1 atom stereocenters. The highest BCUT2D eigenvalue weighted by atomic mass is 32.2. The van der Waals surface area contributed by atoms with Crippen molar-refractivity contribution in [1.29, 1.82) is 0 Å². The summed E-state index contributed by atoms with van der Waals surface area (Å²) in [4.78, 5) is 1.21. The molecule has 0 aliphatic rings. The van der Waals surface area contributed by atoms with Gasteiger partial charge in [-0.15, -0.1) is 16.9 Å². The fourth-order valence-corrected chi connectivity index (χ4v) is 1.99. The van der Waals surface area contributed by atoms with Crippen molar-refractivity contribution < 1.29 is 0 Å². The molecule has 0 fully saturated rings. The lowest BCUT2D eigenvalue weighted by Crippen LogP contribution is -2.08. The van der Waals surface area contributed by atoms with E-state index in [0.29, 0.717) is 0 Å². The molecule has 1 aromatic carbocycles. The van der Waals surface area contributed by atoms with Gasteiger partial charge in [0, 0.05) is 4.90 Å². The predicted octanol–water partition coefficient (Wildman–Crippen LogP) is 2.40. The number of aromatic nitrogens is 3. The average molecular weight is 248 g/mol. The van der Waals surface area contributed by atoms with Gasteiger partial charge in [-0.2, -0.15) is 0 Å². The molecule has 1 unspecified atom stereocenters. The fourth-order valence-electron chi connectivity index (χ4n) is 1.53. The van der Waals surface area contributed by atoms with Crippen molar-refractivity contribution in [2.75, 3.05) is 6.26 Å². The van der Waals surface area contributed by atoms with Gasteiger partial charge in [0.25, 0.3) is 0 Å². The molecule has 0 radical (unpaired) electrons. The van der Waals surface area contributed by atoms with E-state index in [2.05, 4.69) is 28.7 Å². The normalized spacial score (nSPS) is 12.6. The Kier molecular flexibility index (Phi) is 3.81. The van der Waals surface area contributed by atoms with Gasteiger partial charge in [-0.1, -0.05) is 18.2 Å². The molecule has 90 valence electrons.